The first-order valence-corrected chi connectivity index (χ1v) is 11.1. The van der Waals surface area contributed by atoms with Gasteiger partial charge in [-0.3, -0.25) is 14.9 Å². The molecule has 0 radical (unpaired) electrons. The quantitative estimate of drug-likeness (QED) is 0.497. The Morgan fingerprint density at radius 1 is 1.15 bits per heavy atom. The van der Waals surface area contributed by atoms with Crippen LogP contribution >= 0.6 is 0 Å². The zero-order chi connectivity index (χ0) is 22.4. The maximum absolute atomic E-state index is 14.9. The summed E-state index contributed by atoms with van der Waals surface area (Å²) < 4.78 is 27.5. The minimum absolute atomic E-state index is 0.344. The number of rotatable bonds is 5. The van der Waals surface area contributed by atoms with E-state index in [0.717, 1.165) is 34.2 Å². The van der Waals surface area contributed by atoms with Gasteiger partial charge in [0.15, 0.2) is 0 Å². The first-order valence-electron chi connectivity index (χ1n) is 11.1. The summed E-state index contributed by atoms with van der Waals surface area (Å²) in [5, 5.41) is 7.78. The van der Waals surface area contributed by atoms with Crippen LogP contribution in [0.1, 0.15) is 6.42 Å². The van der Waals surface area contributed by atoms with Crippen molar-refractivity contribution in [3.8, 4) is 17.0 Å². The number of methoxy groups -OCH3 is 1. The highest BCUT2D eigenvalue weighted by molar-refractivity contribution is 5.89. The van der Waals surface area contributed by atoms with E-state index in [1.165, 1.54) is 0 Å². The molecule has 170 valence electrons. The fourth-order valence-corrected chi connectivity index (χ4v) is 4.58. The molecule has 5 heterocycles. The van der Waals surface area contributed by atoms with Crippen molar-refractivity contribution in [3.63, 3.8) is 0 Å². The third kappa shape index (κ3) is 3.65. The smallest absolute Gasteiger partial charge is 0.244 e. The largest absolute Gasteiger partial charge is 0.479 e. The molecule has 2 aliphatic heterocycles. The standard InChI is InChI=1S/C23H24FN7O2/c1-32-22-21-16(14-2-3-19-20(10-14)26-7-6-25-19)4-9-31(21)29-23(28-22)27-18-5-8-30(11-17(18)24)15-12-33-13-15/h2-4,6-7,9-10,15,17-18H,5,8,11-13H2,1H3,(H,27,29)/t17-,18+/m1/s1. The van der Waals surface area contributed by atoms with Gasteiger partial charge >= 0.3 is 0 Å². The monoisotopic (exact) mass is 449 g/mol. The van der Waals surface area contributed by atoms with Gasteiger partial charge in [0.05, 0.1) is 43.4 Å². The molecule has 2 saturated heterocycles. The second kappa shape index (κ2) is 8.20. The van der Waals surface area contributed by atoms with Crippen LogP contribution in [-0.2, 0) is 4.74 Å². The second-order valence-corrected chi connectivity index (χ2v) is 8.47. The number of hydrogen-bond donors (Lipinski definition) is 1. The van der Waals surface area contributed by atoms with Crippen molar-refractivity contribution in [3.05, 3.63) is 42.9 Å². The van der Waals surface area contributed by atoms with Crippen LogP contribution in [-0.4, -0.2) is 81.1 Å². The summed E-state index contributed by atoms with van der Waals surface area (Å²) in [5.41, 5.74) is 4.26. The number of halogens is 1. The Balaban J connectivity index is 1.28. The Hall–Kier alpha value is -3.37. The predicted molar refractivity (Wildman–Crippen MR) is 121 cm³/mol. The van der Waals surface area contributed by atoms with Crippen molar-refractivity contribution in [1.82, 2.24) is 29.5 Å². The van der Waals surface area contributed by atoms with Crippen LogP contribution < -0.4 is 10.1 Å². The van der Waals surface area contributed by atoms with Crippen molar-refractivity contribution in [2.45, 2.75) is 24.7 Å². The van der Waals surface area contributed by atoms with Gasteiger partial charge in [-0.1, -0.05) is 6.07 Å². The van der Waals surface area contributed by atoms with E-state index < -0.39 is 6.17 Å². The third-order valence-electron chi connectivity index (χ3n) is 6.48. The summed E-state index contributed by atoms with van der Waals surface area (Å²) in [6, 6.07) is 7.87. The number of fused-ring (bicyclic) bond motifs is 2. The minimum atomic E-state index is -1.01. The van der Waals surface area contributed by atoms with Crippen LogP contribution in [0, 0.1) is 0 Å². The van der Waals surface area contributed by atoms with Gasteiger partial charge in [-0.05, 0) is 30.2 Å². The number of anilines is 1. The molecule has 2 fully saturated rings. The summed E-state index contributed by atoms with van der Waals surface area (Å²) in [7, 11) is 1.58. The number of piperidine rings is 1. The summed E-state index contributed by atoms with van der Waals surface area (Å²) in [5.74, 6) is 0.769. The maximum Gasteiger partial charge on any atom is 0.244 e. The van der Waals surface area contributed by atoms with Crippen molar-refractivity contribution >= 4 is 22.5 Å². The molecule has 33 heavy (non-hydrogen) atoms. The van der Waals surface area contributed by atoms with E-state index in [1.54, 1.807) is 24.0 Å². The molecule has 2 aliphatic rings. The predicted octanol–water partition coefficient (Wildman–Crippen LogP) is 2.57. The SMILES string of the molecule is COc1nc(N[C@H]2CCN(C3COC3)C[C@H]2F)nn2ccc(-c3ccc4nccnc4c3)c12. The van der Waals surface area contributed by atoms with E-state index in [0.29, 0.717) is 44.0 Å². The number of ether oxygens (including phenoxy) is 2. The molecule has 0 amide bonds. The van der Waals surface area contributed by atoms with E-state index >= 15 is 0 Å². The Kier molecular flexibility index (Phi) is 5.03. The highest BCUT2D eigenvalue weighted by Crippen LogP contribution is 2.33. The van der Waals surface area contributed by atoms with Crippen LogP contribution in [0.2, 0.25) is 0 Å². The van der Waals surface area contributed by atoms with Gasteiger partial charge in [-0.15, -0.1) is 5.10 Å². The number of nitrogens with one attached hydrogen (secondary N) is 1. The van der Waals surface area contributed by atoms with Gasteiger partial charge in [0.2, 0.25) is 11.8 Å². The molecule has 0 aliphatic carbocycles. The molecule has 10 heteroatoms. The number of hydrogen-bond acceptors (Lipinski definition) is 8. The Bertz CT molecular complexity index is 1310. The number of benzene rings is 1. The molecule has 0 bridgehead atoms. The number of alkyl halides is 1. The summed E-state index contributed by atoms with van der Waals surface area (Å²) in [6.07, 6.45) is 4.87. The molecule has 1 aromatic carbocycles. The van der Waals surface area contributed by atoms with Crippen molar-refractivity contribution in [1.29, 1.82) is 0 Å². The zero-order valence-electron chi connectivity index (χ0n) is 18.2. The van der Waals surface area contributed by atoms with E-state index in [2.05, 4.69) is 30.3 Å². The molecule has 4 aromatic rings. The molecule has 0 spiro atoms. The Morgan fingerprint density at radius 3 is 2.76 bits per heavy atom. The first kappa shape index (κ1) is 20.3. The van der Waals surface area contributed by atoms with Gasteiger partial charge < -0.3 is 14.8 Å². The maximum atomic E-state index is 14.9. The third-order valence-corrected chi connectivity index (χ3v) is 6.48. The molecule has 0 unspecified atom stereocenters. The van der Waals surface area contributed by atoms with Gasteiger partial charge in [-0.25, -0.2) is 8.91 Å². The van der Waals surface area contributed by atoms with Crippen LogP contribution in [0.5, 0.6) is 5.88 Å². The lowest BCUT2D eigenvalue weighted by atomic mass is 10.0. The van der Waals surface area contributed by atoms with Crippen LogP contribution in [0.3, 0.4) is 0 Å². The summed E-state index contributed by atoms with van der Waals surface area (Å²) in [6.45, 7) is 2.61. The first-order chi connectivity index (χ1) is 16.2. The molecular weight excluding hydrogens is 425 g/mol. The lowest BCUT2D eigenvalue weighted by Gasteiger charge is -2.42. The highest BCUT2D eigenvalue weighted by Gasteiger charge is 2.35. The fourth-order valence-electron chi connectivity index (χ4n) is 4.58. The second-order valence-electron chi connectivity index (χ2n) is 8.47. The average molecular weight is 449 g/mol. The molecule has 6 rings (SSSR count). The van der Waals surface area contributed by atoms with Crippen LogP contribution in [0.4, 0.5) is 10.3 Å². The van der Waals surface area contributed by atoms with Gasteiger partial charge in [0.1, 0.15) is 11.7 Å². The van der Waals surface area contributed by atoms with Gasteiger partial charge in [-0.2, -0.15) is 4.98 Å². The molecule has 1 N–H and O–H groups in total. The van der Waals surface area contributed by atoms with E-state index in [4.69, 9.17) is 9.47 Å². The van der Waals surface area contributed by atoms with Crippen LogP contribution in [0.25, 0.3) is 27.7 Å². The lowest BCUT2D eigenvalue weighted by molar-refractivity contribution is -0.0794. The fraction of sp³-hybridized carbons (Fsp3) is 0.391. The van der Waals surface area contributed by atoms with Crippen molar-refractivity contribution in [2.75, 3.05) is 38.7 Å². The average Bonchev–Trinajstić information content (AvgIpc) is 3.23. The highest BCUT2D eigenvalue weighted by atomic mass is 19.1. The van der Waals surface area contributed by atoms with Gasteiger partial charge in [0.25, 0.3) is 0 Å². The topological polar surface area (TPSA) is 89.7 Å². The van der Waals surface area contributed by atoms with E-state index in [9.17, 15) is 4.39 Å². The minimum Gasteiger partial charge on any atom is -0.479 e. The lowest BCUT2D eigenvalue weighted by Crippen LogP contribution is -2.57. The molecule has 2 atom stereocenters. The zero-order valence-corrected chi connectivity index (χ0v) is 18.2. The Morgan fingerprint density at radius 2 is 2.00 bits per heavy atom. The Labute approximate surface area is 189 Å². The summed E-state index contributed by atoms with van der Waals surface area (Å²) in [4.78, 5) is 15.5. The molecular formula is C23H24FN7O2. The molecule has 3 aromatic heterocycles. The van der Waals surface area contributed by atoms with E-state index in [1.807, 2.05) is 30.5 Å². The molecule has 9 nitrogen and oxygen atoms in total. The van der Waals surface area contributed by atoms with Crippen molar-refractivity contribution < 1.29 is 13.9 Å². The number of aromatic nitrogens is 5. The van der Waals surface area contributed by atoms with Crippen molar-refractivity contribution in [2.24, 2.45) is 0 Å². The molecule has 0 saturated carbocycles. The number of likely N-dealkylation sites (tertiary alicyclic amines) is 1. The normalized spacial score (nSPS) is 21.9. The van der Waals surface area contributed by atoms with Gasteiger partial charge in [0, 0.05) is 37.2 Å². The summed E-state index contributed by atoms with van der Waals surface area (Å²) >= 11 is 0. The van der Waals surface area contributed by atoms with E-state index in [-0.39, 0.29) is 6.04 Å². The number of nitrogens with zero attached hydrogens (tertiary/aromatic N) is 6. The van der Waals surface area contributed by atoms with Crippen LogP contribution in [0.15, 0.2) is 42.9 Å².